The molecule has 0 amide bonds. The van der Waals surface area contributed by atoms with Crippen molar-refractivity contribution in [1.29, 1.82) is 0 Å². The largest absolute Gasteiger partial charge is 0.500 e. The Labute approximate surface area is 382 Å². The second-order valence-corrected chi connectivity index (χ2v) is 22.6. The number of rotatable bonds is 46. The molecule has 0 saturated carbocycles. The lowest BCUT2D eigenvalue weighted by Gasteiger charge is -2.30. The molecule has 0 radical (unpaired) electrons. The minimum absolute atomic E-state index is 0.0516. The van der Waals surface area contributed by atoms with Gasteiger partial charge in [0.05, 0.1) is 31.3 Å². The van der Waals surface area contributed by atoms with Crippen LogP contribution in [0.3, 0.4) is 0 Å². The monoisotopic (exact) mass is 962 g/mol. The molecular formula is C41H87N3O16Si3. The van der Waals surface area contributed by atoms with E-state index in [9.17, 15) is 19.5 Å². The van der Waals surface area contributed by atoms with E-state index in [-0.39, 0.29) is 39.1 Å². The zero-order valence-corrected chi connectivity index (χ0v) is 43.4. The Balaban J connectivity index is 5.28. The maximum Gasteiger partial charge on any atom is 0.500 e. The first kappa shape index (κ1) is 61.5. The molecule has 0 aromatic heterocycles. The second kappa shape index (κ2) is 38.6. The molecule has 0 aliphatic rings. The third-order valence-electron chi connectivity index (χ3n) is 9.26. The number of hydrogen-bond acceptors (Lipinski definition) is 19. The normalized spacial score (nSPS) is 12.5. The van der Waals surface area contributed by atoms with Gasteiger partial charge in [0.15, 0.2) is 0 Å². The Hall–Kier alpha value is -1.46. The molecule has 0 fully saturated rings. The fourth-order valence-electron chi connectivity index (χ4n) is 6.42. The molecule has 0 saturated heterocycles. The van der Waals surface area contributed by atoms with Gasteiger partial charge in [-0.3, -0.25) is 14.4 Å². The molecule has 0 bridgehead atoms. The van der Waals surface area contributed by atoms with E-state index in [1.807, 2.05) is 62.3 Å². The molecule has 4 N–H and O–H groups in total. The summed E-state index contributed by atoms with van der Waals surface area (Å²) in [4.78, 5) is 38.6. The van der Waals surface area contributed by atoms with Gasteiger partial charge in [-0.15, -0.1) is 0 Å². The first-order valence-electron chi connectivity index (χ1n) is 23.4. The van der Waals surface area contributed by atoms with Crippen LogP contribution in [-0.4, -0.2) is 175 Å². The van der Waals surface area contributed by atoms with Gasteiger partial charge in [0.25, 0.3) is 0 Å². The van der Waals surface area contributed by atoms with Gasteiger partial charge in [-0.2, -0.15) is 0 Å². The number of aliphatic hydroxyl groups excluding tert-OH is 1. The van der Waals surface area contributed by atoms with E-state index in [0.717, 1.165) is 19.3 Å². The van der Waals surface area contributed by atoms with Crippen LogP contribution in [0.15, 0.2) is 0 Å². The molecular weight excluding hydrogens is 875 g/mol. The van der Waals surface area contributed by atoms with E-state index in [1.54, 1.807) is 0 Å². The standard InChI is InChI=1S/C41H87N3O16Si3/c1-10-52-61(53-11-2,54-12-3)31-19-25-42-28-22-38(46)49-35-41(34-45,36-50-39(47)23-29-43-26-20-32-62(55-13-4,56-14-5)57-15-6)37-51-40(48)24-30-44-27-21-33-63(58-16-7,59-17-8)60-18-9/h42-45H,10-37H2,1-9H3. The van der Waals surface area contributed by atoms with Crippen LogP contribution in [0, 0.1) is 5.41 Å². The first-order valence-corrected chi connectivity index (χ1v) is 29.2. The van der Waals surface area contributed by atoms with Crippen molar-refractivity contribution in [2.75, 3.05) is 125 Å². The summed E-state index contributed by atoms with van der Waals surface area (Å²) in [5, 5.41) is 20.3. The summed E-state index contributed by atoms with van der Waals surface area (Å²) >= 11 is 0. The fourth-order valence-corrected chi connectivity index (χ4v) is 14.3. The van der Waals surface area contributed by atoms with Crippen molar-refractivity contribution in [2.24, 2.45) is 5.41 Å². The highest BCUT2D eigenvalue weighted by molar-refractivity contribution is 6.61. The fraction of sp³-hybridized carbons (Fsp3) is 0.927. The van der Waals surface area contributed by atoms with Crippen LogP contribution < -0.4 is 16.0 Å². The van der Waals surface area contributed by atoms with Gasteiger partial charge < -0.3 is 75.1 Å². The highest BCUT2D eigenvalue weighted by Gasteiger charge is 2.41. The Morgan fingerprint density at radius 3 is 0.810 bits per heavy atom. The number of aliphatic hydroxyl groups is 1. The highest BCUT2D eigenvalue weighted by Crippen LogP contribution is 2.22. The first-order chi connectivity index (χ1) is 30.4. The molecule has 0 heterocycles. The molecule has 0 aliphatic carbocycles. The van der Waals surface area contributed by atoms with Crippen molar-refractivity contribution >= 4 is 44.3 Å². The van der Waals surface area contributed by atoms with Crippen molar-refractivity contribution in [2.45, 2.75) is 119 Å². The van der Waals surface area contributed by atoms with E-state index in [4.69, 9.17) is 54.0 Å². The maximum atomic E-state index is 12.9. The summed E-state index contributed by atoms with van der Waals surface area (Å²) in [7, 11) is -8.28. The predicted octanol–water partition coefficient (Wildman–Crippen LogP) is 3.85. The number of esters is 3. The second-order valence-electron chi connectivity index (χ2n) is 14.4. The molecule has 0 atom stereocenters. The number of carbonyl (C=O) groups is 3. The van der Waals surface area contributed by atoms with Crippen LogP contribution in [0.25, 0.3) is 0 Å². The van der Waals surface area contributed by atoms with Crippen LogP contribution in [0.5, 0.6) is 0 Å². The van der Waals surface area contributed by atoms with Crippen molar-refractivity contribution in [1.82, 2.24) is 16.0 Å². The van der Waals surface area contributed by atoms with E-state index in [1.165, 1.54) is 0 Å². The van der Waals surface area contributed by atoms with Crippen molar-refractivity contribution in [3.05, 3.63) is 0 Å². The molecule has 0 aromatic carbocycles. The molecule has 0 rings (SSSR count). The van der Waals surface area contributed by atoms with Crippen LogP contribution in [-0.2, 0) is 68.4 Å². The molecule has 0 spiro atoms. The van der Waals surface area contributed by atoms with E-state index in [0.29, 0.717) is 117 Å². The minimum atomic E-state index is -2.76. The van der Waals surface area contributed by atoms with Gasteiger partial charge in [0.2, 0.25) is 0 Å². The summed E-state index contributed by atoms with van der Waals surface area (Å²) in [5.41, 5.74) is -1.38. The number of hydrogen-bond donors (Lipinski definition) is 4. The summed E-state index contributed by atoms with van der Waals surface area (Å²) in [6, 6.07) is 1.92. The molecule has 19 nitrogen and oxygen atoms in total. The highest BCUT2D eigenvalue weighted by atomic mass is 28.4. The Morgan fingerprint density at radius 1 is 0.397 bits per heavy atom. The lowest BCUT2D eigenvalue weighted by atomic mass is 9.92. The minimum Gasteiger partial charge on any atom is -0.465 e. The molecule has 374 valence electrons. The van der Waals surface area contributed by atoms with Crippen LogP contribution in [0.2, 0.25) is 18.1 Å². The smallest absolute Gasteiger partial charge is 0.465 e. The quantitative estimate of drug-likeness (QED) is 0.0295. The van der Waals surface area contributed by atoms with E-state index in [2.05, 4.69) is 16.0 Å². The van der Waals surface area contributed by atoms with E-state index < -0.39 is 56.3 Å². The zero-order valence-electron chi connectivity index (χ0n) is 40.4. The average Bonchev–Trinajstić information content (AvgIpc) is 3.25. The van der Waals surface area contributed by atoms with Gasteiger partial charge in [0.1, 0.15) is 19.8 Å². The van der Waals surface area contributed by atoms with Crippen molar-refractivity contribution < 1.29 is 73.5 Å². The SMILES string of the molecule is CCO[Si](CCCNCCC(=O)OCC(CO)(COC(=O)CCNCCC[Si](OCC)(OCC)OCC)COC(=O)CCNCCC[Si](OCC)(OCC)OCC)(OCC)OCC. The van der Waals surface area contributed by atoms with Gasteiger partial charge in [-0.25, -0.2) is 0 Å². The molecule has 0 aliphatic heterocycles. The van der Waals surface area contributed by atoms with Crippen molar-refractivity contribution in [3.63, 3.8) is 0 Å². The Bertz CT molecular complexity index is 971. The summed E-state index contributed by atoms with van der Waals surface area (Å²) in [6.07, 6.45) is 2.34. The van der Waals surface area contributed by atoms with Gasteiger partial charge in [-0.1, -0.05) is 0 Å². The van der Waals surface area contributed by atoms with Gasteiger partial charge >= 0.3 is 44.3 Å². The number of carbonyl (C=O) groups excluding carboxylic acids is 3. The summed E-state index contributed by atoms with van der Waals surface area (Å²) in [5.74, 6) is -1.57. The molecule has 0 unspecified atom stereocenters. The maximum absolute atomic E-state index is 12.9. The third-order valence-corrected chi connectivity index (χ3v) is 18.7. The lowest BCUT2D eigenvalue weighted by Crippen LogP contribution is -2.46. The summed E-state index contributed by atoms with van der Waals surface area (Å²) < 4.78 is 69.9. The van der Waals surface area contributed by atoms with E-state index >= 15 is 0 Å². The zero-order chi connectivity index (χ0) is 47.1. The Kier molecular flexibility index (Phi) is 37.7. The molecule has 0 aromatic rings. The third kappa shape index (κ3) is 28.4. The average molecular weight is 962 g/mol. The summed E-state index contributed by atoms with van der Waals surface area (Å²) in [6.45, 7) is 23.0. The van der Waals surface area contributed by atoms with Crippen LogP contribution >= 0.6 is 0 Å². The topological polar surface area (TPSA) is 218 Å². The van der Waals surface area contributed by atoms with Crippen LogP contribution in [0.4, 0.5) is 0 Å². The molecule has 63 heavy (non-hydrogen) atoms. The van der Waals surface area contributed by atoms with Crippen molar-refractivity contribution in [3.8, 4) is 0 Å². The molecule has 22 heteroatoms. The Morgan fingerprint density at radius 2 is 0.619 bits per heavy atom. The lowest BCUT2D eigenvalue weighted by molar-refractivity contribution is -0.165. The number of ether oxygens (including phenoxy) is 3. The van der Waals surface area contributed by atoms with Gasteiger partial charge in [-0.05, 0) is 101 Å². The predicted molar refractivity (Wildman–Crippen MR) is 245 cm³/mol. The van der Waals surface area contributed by atoms with Gasteiger partial charge in [0, 0.05) is 97.2 Å². The van der Waals surface area contributed by atoms with Crippen LogP contribution in [0.1, 0.15) is 101 Å². The number of nitrogens with one attached hydrogen (secondary N) is 3.